The van der Waals surface area contributed by atoms with E-state index in [1.165, 1.54) is 36.7 Å². The van der Waals surface area contributed by atoms with Crippen LogP contribution in [0.15, 0.2) is 72.8 Å². The zero-order valence-corrected chi connectivity index (χ0v) is 22.9. The predicted octanol–water partition coefficient (Wildman–Crippen LogP) is 7.20. The average Bonchev–Trinajstić information content (AvgIpc) is 3.26. The van der Waals surface area contributed by atoms with Gasteiger partial charge in [-0.05, 0) is 66.4 Å². The van der Waals surface area contributed by atoms with E-state index in [1.54, 1.807) is 37.5 Å². The molecule has 0 atom stereocenters. The summed E-state index contributed by atoms with van der Waals surface area (Å²) in [6.45, 7) is 4.27. The summed E-state index contributed by atoms with van der Waals surface area (Å²) in [5, 5.41) is 3.14. The molecule has 0 saturated carbocycles. The third-order valence-corrected chi connectivity index (χ3v) is 7.12. The fourth-order valence-electron chi connectivity index (χ4n) is 4.05. The van der Waals surface area contributed by atoms with Crippen molar-refractivity contribution in [2.75, 3.05) is 19.5 Å². The Hall–Kier alpha value is -4.43. The Labute approximate surface area is 230 Å². The molecule has 0 spiro atoms. The number of benzene rings is 3. The lowest BCUT2D eigenvalue weighted by Crippen LogP contribution is -2.11. The van der Waals surface area contributed by atoms with Crippen molar-refractivity contribution in [3.05, 3.63) is 106 Å². The van der Waals surface area contributed by atoms with Gasteiger partial charge in [-0.15, -0.1) is 11.3 Å². The number of carbonyl (C=O) groups is 2. The lowest BCUT2D eigenvalue weighted by molar-refractivity contribution is -0.111. The number of ether oxygens (including phenoxy) is 3. The topological polar surface area (TPSA) is 73.9 Å². The Morgan fingerprint density at radius 1 is 0.974 bits per heavy atom. The van der Waals surface area contributed by atoms with E-state index < -0.39 is 11.9 Å². The van der Waals surface area contributed by atoms with Gasteiger partial charge in [0.05, 0.1) is 14.2 Å². The van der Waals surface area contributed by atoms with Crippen molar-refractivity contribution in [1.29, 1.82) is 0 Å². The number of esters is 1. The first-order valence-corrected chi connectivity index (χ1v) is 12.9. The zero-order chi connectivity index (χ0) is 27.9. The second kappa shape index (κ2) is 12.4. The number of halogens is 1. The predicted molar refractivity (Wildman–Crippen MR) is 152 cm³/mol. The van der Waals surface area contributed by atoms with Gasteiger partial charge in [0.2, 0.25) is 5.91 Å². The third-order valence-electron chi connectivity index (χ3n) is 6.10. The smallest absolute Gasteiger partial charge is 0.341 e. The van der Waals surface area contributed by atoms with E-state index in [0.29, 0.717) is 34.2 Å². The van der Waals surface area contributed by atoms with E-state index in [2.05, 4.69) is 5.32 Å². The number of anilines is 1. The lowest BCUT2D eigenvalue weighted by Gasteiger charge is -2.12. The van der Waals surface area contributed by atoms with Gasteiger partial charge in [0, 0.05) is 16.5 Å². The Bertz CT molecular complexity index is 1520. The molecule has 0 aliphatic carbocycles. The molecule has 3 aromatic carbocycles. The fraction of sp³-hybridized carbons (Fsp3) is 0.161. The van der Waals surface area contributed by atoms with Crippen LogP contribution in [0.5, 0.6) is 11.5 Å². The van der Waals surface area contributed by atoms with Crippen LogP contribution in [-0.4, -0.2) is 26.1 Å². The summed E-state index contributed by atoms with van der Waals surface area (Å²) in [5.41, 5.74) is 4.43. The Balaban J connectivity index is 1.51. The standard InChI is InChI=1S/C31H28FNO5S/c1-19-7-5-6-8-23(19)18-38-25-15-9-21(17-26(25)36-3)10-16-27(34)33-30-29(31(35)37-4)28(20(2)39-30)22-11-13-24(32)14-12-22/h5-17H,18H2,1-4H3,(H,33,34)/b16-10+. The van der Waals surface area contributed by atoms with E-state index in [1.807, 2.05) is 44.2 Å². The molecule has 4 rings (SSSR count). The summed E-state index contributed by atoms with van der Waals surface area (Å²) < 4.78 is 29.9. The van der Waals surface area contributed by atoms with Crippen molar-refractivity contribution in [3.8, 4) is 22.6 Å². The number of nitrogens with one attached hydrogen (secondary N) is 1. The number of methoxy groups -OCH3 is 2. The van der Waals surface area contributed by atoms with Crippen LogP contribution in [0.25, 0.3) is 17.2 Å². The monoisotopic (exact) mass is 545 g/mol. The number of thiophene rings is 1. The number of rotatable bonds is 9. The Kier molecular flexibility index (Phi) is 8.78. The van der Waals surface area contributed by atoms with Crippen molar-refractivity contribution in [1.82, 2.24) is 0 Å². The highest BCUT2D eigenvalue weighted by atomic mass is 32.1. The van der Waals surface area contributed by atoms with Crippen LogP contribution in [0, 0.1) is 19.7 Å². The van der Waals surface area contributed by atoms with Crippen LogP contribution < -0.4 is 14.8 Å². The molecule has 8 heteroatoms. The highest BCUT2D eigenvalue weighted by Crippen LogP contribution is 2.40. The summed E-state index contributed by atoms with van der Waals surface area (Å²) in [7, 11) is 2.83. The molecule has 1 heterocycles. The molecule has 0 aliphatic rings. The first-order chi connectivity index (χ1) is 18.8. The Morgan fingerprint density at radius 2 is 1.72 bits per heavy atom. The molecule has 0 radical (unpaired) electrons. The number of hydrogen-bond acceptors (Lipinski definition) is 6. The Morgan fingerprint density at radius 3 is 2.41 bits per heavy atom. The fourth-order valence-corrected chi connectivity index (χ4v) is 5.12. The second-order valence-corrected chi connectivity index (χ2v) is 9.91. The maximum atomic E-state index is 13.5. The first-order valence-electron chi connectivity index (χ1n) is 12.1. The largest absolute Gasteiger partial charge is 0.493 e. The molecule has 4 aromatic rings. The van der Waals surface area contributed by atoms with E-state index in [9.17, 15) is 14.0 Å². The van der Waals surface area contributed by atoms with Crippen molar-refractivity contribution in [2.24, 2.45) is 0 Å². The maximum absolute atomic E-state index is 13.5. The van der Waals surface area contributed by atoms with Gasteiger partial charge in [0.1, 0.15) is 23.0 Å². The minimum atomic E-state index is -0.594. The van der Waals surface area contributed by atoms with Gasteiger partial charge in [-0.3, -0.25) is 4.79 Å². The van der Waals surface area contributed by atoms with Crippen LogP contribution >= 0.6 is 11.3 Å². The number of hydrogen-bond donors (Lipinski definition) is 1. The third kappa shape index (κ3) is 6.53. The van der Waals surface area contributed by atoms with Gasteiger partial charge < -0.3 is 19.5 Å². The molecule has 1 amide bonds. The molecule has 1 N–H and O–H groups in total. The summed E-state index contributed by atoms with van der Waals surface area (Å²) in [5.74, 6) is -0.272. The van der Waals surface area contributed by atoms with Gasteiger partial charge in [0.15, 0.2) is 11.5 Å². The summed E-state index contributed by atoms with van der Waals surface area (Å²) in [6, 6.07) is 19.2. The molecular weight excluding hydrogens is 517 g/mol. The molecule has 0 saturated heterocycles. The maximum Gasteiger partial charge on any atom is 0.341 e. The van der Waals surface area contributed by atoms with E-state index in [-0.39, 0.29) is 11.4 Å². The zero-order valence-electron chi connectivity index (χ0n) is 22.0. The van der Waals surface area contributed by atoms with E-state index >= 15 is 0 Å². The van der Waals surface area contributed by atoms with Crippen LogP contribution in [0.3, 0.4) is 0 Å². The van der Waals surface area contributed by atoms with Gasteiger partial charge in [-0.25, -0.2) is 9.18 Å². The number of carbonyl (C=O) groups excluding carboxylic acids is 2. The summed E-state index contributed by atoms with van der Waals surface area (Å²) >= 11 is 1.25. The normalized spacial score (nSPS) is 10.9. The van der Waals surface area contributed by atoms with Crippen LogP contribution in [0.2, 0.25) is 0 Å². The second-order valence-electron chi connectivity index (χ2n) is 8.68. The highest BCUT2D eigenvalue weighted by Gasteiger charge is 2.24. The molecule has 1 aromatic heterocycles. The van der Waals surface area contributed by atoms with Gasteiger partial charge in [-0.2, -0.15) is 0 Å². The minimum Gasteiger partial charge on any atom is -0.493 e. The minimum absolute atomic E-state index is 0.227. The van der Waals surface area contributed by atoms with E-state index in [4.69, 9.17) is 14.2 Å². The molecule has 6 nitrogen and oxygen atoms in total. The SMILES string of the molecule is COC(=O)c1c(NC(=O)/C=C/c2ccc(OCc3ccccc3C)c(OC)c2)sc(C)c1-c1ccc(F)cc1. The first kappa shape index (κ1) is 27.6. The lowest BCUT2D eigenvalue weighted by atomic mass is 10.0. The van der Waals surface area contributed by atoms with Crippen molar-refractivity contribution in [2.45, 2.75) is 20.5 Å². The summed E-state index contributed by atoms with van der Waals surface area (Å²) in [4.78, 5) is 26.2. The highest BCUT2D eigenvalue weighted by molar-refractivity contribution is 7.17. The molecule has 0 bridgehead atoms. The summed E-state index contributed by atoms with van der Waals surface area (Å²) in [6.07, 6.45) is 3.01. The molecule has 0 fully saturated rings. The molecule has 200 valence electrons. The van der Waals surface area contributed by atoms with Crippen LogP contribution in [-0.2, 0) is 16.1 Å². The molecule has 39 heavy (non-hydrogen) atoms. The van der Waals surface area contributed by atoms with Crippen LogP contribution in [0.1, 0.15) is 31.9 Å². The van der Waals surface area contributed by atoms with Crippen molar-refractivity contribution in [3.63, 3.8) is 0 Å². The molecular formula is C31H28FNO5S. The number of aryl methyl sites for hydroxylation is 2. The van der Waals surface area contributed by atoms with Crippen molar-refractivity contribution < 1.29 is 28.2 Å². The van der Waals surface area contributed by atoms with Gasteiger partial charge >= 0.3 is 5.97 Å². The molecule has 0 aliphatic heterocycles. The molecule has 0 unspecified atom stereocenters. The average molecular weight is 546 g/mol. The van der Waals surface area contributed by atoms with Gasteiger partial charge in [0.25, 0.3) is 0 Å². The van der Waals surface area contributed by atoms with E-state index in [0.717, 1.165) is 21.6 Å². The quantitative estimate of drug-likeness (QED) is 0.178. The van der Waals surface area contributed by atoms with Crippen molar-refractivity contribution >= 4 is 34.3 Å². The van der Waals surface area contributed by atoms with Crippen LogP contribution in [0.4, 0.5) is 9.39 Å². The number of amides is 1. The van der Waals surface area contributed by atoms with Gasteiger partial charge in [-0.1, -0.05) is 42.5 Å².